The van der Waals surface area contributed by atoms with Gasteiger partial charge < -0.3 is 15.4 Å². The minimum absolute atomic E-state index is 0.138. The van der Waals surface area contributed by atoms with Crippen molar-refractivity contribution in [3.63, 3.8) is 0 Å². The van der Waals surface area contributed by atoms with Crippen LogP contribution in [0.4, 0.5) is 0 Å². The molecule has 94 valence electrons. The van der Waals surface area contributed by atoms with Gasteiger partial charge in [0.05, 0.1) is 0 Å². The molecule has 4 heteroatoms. The van der Waals surface area contributed by atoms with Gasteiger partial charge in [0, 0.05) is 19.7 Å². The Balaban J connectivity index is 2.30. The first-order chi connectivity index (χ1) is 7.75. The highest BCUT2D eigenvalue weighted by Crippen LogP contribution is 2.11. The number of likely N-dealkylation sites (tertiary alicyclic amines) is 1. The second kappa shape index (κ2) is 7.63. The lowest BCUT2D eigenvalue weighted by molar-refractivity contribution is -0.142. The van der Waals surface area contributed by atoms with Gasteiger partial charge in [-0.25, -0.2) is 0 Å². The average Bonchev–Trinajstić information content (AvgIpc) is 2.56. The summed E-state index contributed by atoms with van der Waals surface area (Å²) < 4.78 is 5.47. The van der Waals surface area contributed by atoms with Crippen molar-refractivity contribution in [3.8, 4) is 0 Å². The molecule has 1 heterocycles. The van der Waals surface area contributed by atoms with Gasteiger partial charge in [-0.2, -0.15) is 0 Å². The van der Waals surface area contributed by atoms with E-state index < -0.39 is 0 Å². The number of nitrogens with zero attached hydrogens (tertiary/aromatic N) is 1. The molecule has 0 aromatic carbocycles. The molecule has 0 aromatic rings. The first-order valence-electron chi connectivity index (χ1n) is 6.36. The summed E-state index contributed by atoms with van der Waals surface area (Å²) in [5, 5.41) is 0. The maximum absolute atomic E-state index is 12.0. The standard InChI is InChI=1S/C12H24N2O2/c1-11(16-10-6-7-13)12(15)14-8-4-2-3-5-9-14/h11H,2-10,13H2,1H3. The van der Waals surface area contributed by atoms with E-state index in [1.54, 1.807) is 0 Å². The van der Waals surface area contributed by atoms with Crippen molar-refractivity contribution in [2.75, 3.05) is 26.2 Å². The molecule has 0 bridgehead atoms. The van der Waals surface area contributed by atoms with E-state index in [0.29, 0.717) is 13.2 Å². The zero-order chi connectivity index (χ0) is 11.8. The summed E-state index contributed by atoms with van der Waals surface area (Å²) in [5.41, 5.74) is 5.38. The molecule has 1 unspecified atom stereocenters. The largest absolute Gasteiger partial charge is 0.369 e. The molecular weight excluding hydrogens is 204 g/mol. The second-order valence-corrected chi connectivity index (χ2v) is 4.39. The molecule has 1 atom stereocenters. The number of hydrogen-bond donors (Lipinski definition) is 1. The number of rotatable bonds is 5. The number of carbonyl (C=O) groups excluding carboxylic acids is 1. The van der Waals surface area contributed by atoms with E-state index in [2.05, 4.69) is 0 Å². The summed E-state index contributed by atoms with van der Waals surface area (Å²) in [4.78, 5) is 14.0. The van der Waals surface area contributed by atoms with Crippen molar-refractivity contribution in [3.05, 3.63) is 0 Å². The fourth-order valence-corrected chi connectivity index (χ4v) is 1.96. The predicted octanol–water partition coefficient (Wildman–Crippen LogP) is 1.14. The van der Waals surface area contributed by atoms with Gasteiger partial charge in [-0.1, -0.05) is 12.8 Å². The average molecular weight is 228 g/mol. The summed E-state index contributed by atoms with van der Waals surface area (Å²) >= 11 is 0. The van der Waals surface area contributed by atoms with Crippen LogP contribution in [0.5, 0.6) is 0 Å². The van der Waals surface area contributed by atoms with Crippen molar-refractivity contribution in [1.29, 1.82) is 0 Å². The van der Waals surface area contributed by atoms with Crippen LogP contribution in [0.1, 0.15) is 39.0 Å². The molecule has 1 aliphatic rings. The fourth-order valence-electron chi connectivity index (χ4n) is 1.96. The van der Waals surface area contributed by atoms with Gasteiger partial charge in [-0.15, -0.1) is 0 Å². The number of amides is 1. The van der Waals surface area contributed by atoms with Gasteiger partial charge >= 0.3 is 0 Å². The summed E-state index contributed by atoms with van der Waals surface area (Å²) in [6, 6.07) is 0. The Hall–Kier alpha value is -0.610. The Morgan fingerprint density at radius 3 is 2.50 bits per heavy atom. The Kier molecular flexibility index (Phi) is 6.42. The Bertz CT molecular complexity index is 201. The van der Waals surface area contributed by atoms with Crippen molar-refractivity contribution >= 4 is 5.91 Å². The molecule has 2 N–H and O–H groups in total. The predicted molar refractivity (Wildman–Crippen MR) is 64.1 cm³/mol. The third-order valence-electron chi connectivity index (χ3n) is 2.98. The quantitative estimate of drug-likeness (QED) is 0.718. The van der Waals surface area contributed by atoms with E-state index in [0.717, 1.165) is 32.4 Å². The lowest BCUT2D eigenvalue weighted by Gasteiger charge is -2.24. The summed E-state index contributed by atoms with van der Waals surface area (Å²) in [6.45, 7) is 4.82. The Morgan fingerprint density at radius 2 is 1.94 bits per heavy atom. The monoisotopic (exact) mass is 228 g/mol. The highest BCUT2D eigenvalue weighted by molar-refractivity contribution is 5.80. The molecule has 0 saturated carbocycles. The molecule has 1 saturated heterocycles. The molecule has 1 rings (SSSR count). The molecule has 1 aliphatic heterocycles. The smallest absolute Gasteiger partial charge is 0.251 e. The van der Waals surface area contributed by atoms with Crippen LogP contribution in [0.25, 0.3) is 0 Å². The zero-order valence-corrected chi connectivity index (χ0v) is 10.3. The van der Waals surface area contributed by atoms with E-state index in [9.17, 15) is 4.79 Å². The van der Waals surface area contributed by atoms with Crippen molar-refractivity contribution < 1.29 is 9.53 Å². The molecule has 0 aromatic heterocycles. The molecule has 1 amide bonds. The molecule has 1 fully saturated rings. The van der Waals surface area contributed by atoms with Crippen LogP contribution < -0.4 is 5.73 Å². The zero-order valence-electron chi connectivity index (χ0n) is 10.3. The van der Waals surface area contributed by atoms with Gasteiger partial charge in [0.1, 0.15) is 6.10 Å². The van der Waals surface area contributed by atoms with Gasteiger partial charge in [0.25, 0.3) is 5.91 Å². The lowest BCUT2D eigenvalue weighted by Crippen LogP contribution is -2.39. The SMILES string of the molecule is CC(OCCCN)C(=O)N1CCCCCC1. The second-order valence-electron chi connectivity index (χ2n) is 4.39. The minimum Gasteiger partial charge on any atom is -0.369 e. The molecule has 0 aliphatic carbocycles. The van der Waals surface area contributed by atoms with E-state index in [1.807, 2.05) is 11.8 Å². The number of carbonyl (C=O) groups is 1. The van der Waals surface area contributed by atoms with Crippen molar-refractivity contribution in [2.24, 2.45) is 5.73 Å². The highest BCUT2D eigenvalue weighted by atomic mass is 16.5. The molecular formula is C12H24N2O2. The van der Waals surface area contributed by atoms with Gasteiger partial charge in [0.2, 0.25) is 0 Å². The van der Waals surface area contributed by atoms with Crippen molar-refractivity contribution in [2.45, 2.75) is 45.1 Å². The first kappa shape index (κ1) is 13.5. The van der Waals surface area contributed by atoms with Crippen LogP contribution in [0.15, 0.2) is 0 Å². The molecule has 0 radical (unpaired) electrons. The highest BCUT2D eigenvalue weighted by Gasteiger charge is 2.21. The maximum Gasteiger partial charge on any atom is 0.251 e. The van der Waals surface area contributed by atoms with E-state index in [-0.39, 0.29) is 12.0 Å². The van der Waals surface area contributed by atoms with Crippen LogP contribution in [0.3, 0.4) is 0 Å². The molecule has 4 nitrogen and oxygen atoms in total. The summed E-state index contributed by atoms with van der Waals surface area (Å²) in [6.07, 6.45) is 5.24. The fraction of sp³-hybridized carbons (Fsp3) is 0.917. The van der Waals surface area contributed by atoms with Crippen LogP contribution in [0.2, 0.25) is 0 Å². The summed E-state index contributed by atoms with van der Waals surface area (Å²) in [7, 11) is 0. The number of ether oxygens (including phenoxy) is 1. The lowest BCUT2D eigenvalue weighted by atomic mass is 10.2. The normalized spacial score (nSPS) is 19.2. The van der Waals surface area contributed by atoms with Crippen LogP contribution in [-0.2, 0) is 9.53 Å². The van der Waals surface area contributed by atoms with Crippen LogP contribution in [-0.4, -0.2) is 43.2 Å². The van der Waals surface area contributed by atoms with E-state index >= 15 is 0 Å². The Labute approximate surface area is 98.1 Å². The van der Waals surface area contributed by atoms with Gasteiger partial charge in [0.15, 0.2) is 0 Å². The molecule has 0 spiro atoms. The van der Waals surface area contributed by atoms with Gasteiger partial charge in [-0.05, 0) is 32.7 Å². The van der Waals surface area contributed by atoms with Crippen LogP contribution in [0, 0.1) is 0 Å². The summed E-state index contributed by atoms with van der Waals surface area (Å²) in [5.74, 6) is 0.138. The first-order valence-corrected chi connectivity index (χ1v) is 6.36. The maximum atomic E-state index is 12.0. The molecule has 16 heavy (non-hydrogen) atoms. The topological polar surface area (TPSA) is 55.6 Å². The van der Waals surface area contributed by atoms with E-state index in [1.165, 1.54) is 12.8 Å². The van der Waals surface area contributed by atoms with E-state index in [4.69, 9.17) is 10.5 Å². The third-order valence-corrected chi connectivity index (χ3v) is 2.98. The third kappa shape index (κ3) is 4.49. The minimum atomic E-state index is -0.315. The number of nitrogens with two attached hydrogens (primary N) is 1. The van der Waals surface area contributed by atoms with Crippen LogP contribution >= 0.6 is 0 Å². The Morgan fingerprint density at radius 1 is 1.31 bits per heavy atom. The van der Waals surface area contributed by atoms with Crippen molar-refractivity contribution in [1.82, 2.24) is 4.90 Å². The number of hydrogen-bond acceptors (Lipinski definition) is 3. The van der Waals surface area contributed by atoms with Gasteiger partial charge in [-0.3, -0.25) is 4.79 Å².